The molecular weight excluding hydrogens is 880 g/mol. The number of para-hydroxylation sites is 2. The summed E-state index contributed by atoms with van der Waals surface area (Å²) < 4.78 is 8.91. The molecule has 57 heavy (non-hydrogen) atoms. The Bertz CT molecular complexity index is 2730. The SMILES string of the molecule is CC(C)(C)c1ccnc(-n2c3[c-]c(Oc4[c-]c(N5C=CN(c6ccccc6C(C)(C)c6ccccc6)[CH-]5)cc(-c5ccccc5)c4)ccc3c3ccccc32)c1.[Pt]. The molecular formula is C51H43N4OPt-3. The number of nitrogens with zero attached hydrogens (tertiary/aromatic N) is 4. The smallest absolute Gasteiger partial charge is 0.135 e. The van der Waals surface area contributed by atoms with Crippen LogP contribution in [-0.2, 0) is 31.9 Å². The number of hydrogen-bond donors (Lipinski definition) is 0. The summed E-state index contributed by atoms with van der Waals surface area (Å²) in [6.45, 7) is 13.4. The first kappa shape index (κ1) is 38.0. The van der Waals surface area contributed by atoms with Crippen LogP contribution in [0, 0.1) is 18.8 Å². The van der Waals surface area contributed by atoms with Gasteiger partial charge in [0.25, 0.3) is 0 Å². The average Bonchev–Trinajstić information content (AvgIpc) is 3.85. The number of benzene rings is 6. The summed E-state index contributed by atoms with van der Waals surface area (Å²) >= 11 is 0. The molecule has 0 aliphatic carbocycles. The summed E-state index contributed by atoms with van der Waals surface area (Å²) in [5.41, 5.74) is 9.58. The van der Waals surface area contributed by atoms with Crippen LogP contribution in [0.3, 0.4) is 0 Å². The number of fused-ring (bicyclic) bond motifs is 3. The van der Waals surface area contributed by atoms with Crippen molar-refractivity contribution < 1.29 is 25.8 Å². The molecule has 0 N–H and O–H groups in total. The molecule has 9 rings (SSSR count). The predicted octanol–water partition coefficient (Wildman–Crippen LogP) is 12.8. The van der Waals surface area contributed by atoms with E-state index in [1.54, 1.807) is 0 Å². The molecule has 0 saturated heterocycles. The number of ether oxygens (including phenoxy) is 1. The van der Waals surface area contributed by atoms with Crippen LogP contribution in [0.2, 0.25) is 0 Å². The van der Waals surface area contributed by atoms with Gasteiger partial charge < -0.3 is 19.1 Å². The molecule has 1 aliphatic heterocycles. The van der Waals surface area contributed by atoms with Gasteiger partial charge in [-0.15, -0.1) is 53.6 Å². The van der Waals surface area contributed by atoms with E-state index in [1.165, 1.54) is 16.7 Å². The van der Waals surface area contributed by atoms with Gasteiger partial charge in [-0.3, -0.25) is 0 Å². The van der Waals surface area contributed by atoms with Gasteiger partial charge in [-0.1, -0.05) is 137 Å². The third-order valence-electron chi connectivity index (χ3n) is 10.8. The van der Waals surface area contributed by atoms with Gasteiger partial charge in [0, 0.05) is 55.4 Å². The van der Waals surface area contributed by atoms with Crippen molar-refractivity contribution in [2.24, 2.45) is 0 Å². The van der Waals surface area contributed by atoms with Crippen molar-refractivity contribution in [3.63, 3.8) is 0 Å². The molecule has 0 radical (unpaired) electrons. The van der Waals surface area contributed by atoms with Crippen molar-refractivity contribution in [1.29, 1.82) is 0 Å². The monoisotopic (exact) mass is 922 g/mol. The maximum Gasteiger partial charge on any atom is 0.135 e. The van der Waals surface area contributed by atoms with Crippen molar-refractivity contribution in [1.82, 2.24) is 9.55 Å². The zero-order valence-corrected chi connectivity index (χ0v) is 35.0. The van der Waals surface area contributed by atoms with Gasteiger partial charge in [0.2, 0.25) is 0 Å². The summed E-state index contributed by atoms with van der Waals surface area (Å²) in [5.74, 6) is 2.05. The van der Waals surface area contributed by atoms with E-state index < -0.39 is 0 Å². The van der Waals surface area contributed by atoms with Crippen LogP contribution in [-0.4, -0.2) is 9.55 Å². The van der Waals surface area contributed by atoms with E-state index in [4.69, 9.17) is 9.72 Å². The number of hydrogen-bond acceptors (Lipinski definition) is 4. The second-order valence-corrected chi connectivity index (χ2v) is 15.9. The fraction of sp³-hybridized carbons (Fsp3) is 0.137. The molecule has 6 heteroatoms. The first-order valence-electron chi connectivity index (χ1n) is 19.1. The van der Waals surface area contributed by atoms with Gasteiger partial charge >= 0.3 is 0 Å². The molecule has 5 nitrogen and oxygen atoms in total. The predicted molar refractivity (Wildman–Crippen MR) is 230 cm³/mol. The Morgan fingerprint density at radius 1 is 0.596 bits per heavy atom. The van der Waals surface area contributed by atoms with Crippen molar-refractivity contribution in [3.05, 3.63) is 200 Å². The van der Waals surface area contributed by atoms with Gasteiger partial charge in [0.05, 0.1) is 0 Å². The number of rotatable bonds is 8. The molecule has 1 aliphatic rings. The van der Waals surface area contributed by atoms with Crippen LogP contribution in [0.15, 0.2) is 164 Å². The minimum atomic E-state index is -0.206. The van der Waals surface area contributed by atoms with Crippen molar-refractivity contribution in [3.8, 4) is 28.4 Å². The second-order valence-electron chi connectivity index (χ2n) is 15.9. The van der Waals surface area contributed by atoms with Crippen LogP contribution < -0.4 is 14.5 Å². The Hall–Kier alpha value is -5.90. The summed E-state index contributed by atoms with van der Waals surface area (Å²) in [4.78, 5) is 9.14. The van der Waals surface area contributed by atoms with Crippen molar-refractivity contribution in [2.45, 2.75) is 45.4 Å². The van der Waals surface area contributed by atoms with Crippen LogP contribution in [0.1, 0.15) is 51.3 Å². The first-order chi connectivity index (χ1) is 27.1. The molecule has 0 spiro atoms. The maximum absolute atomic E-state index is 6.71. The van der Waals surface area contributed by atoms with Crippen LogP contribution in [0.4, 0.5) is 11.4 Å². The molecule has 0 fully saturated rings. The molecule has 3 heterocycles. The first-order valence-corrected chi connectivity index (χ1v) is 19.1. The van der Waals surface area contributed by atoms with Gasteiger partial charge in [0.1, 0.15) is 5.82 Å². The normalized spacial score (nSPS) is 13.0. The van der Waals surface area contributed by atoms with Crippen molar-refractivity contribution in [2.75, 3.05) is 9.80 Å². The molecule has 0 atom stereocenters. The van der Waals surface area contributed by atoms with Crippen LogP contribution >= 0.6 is 0 Å². The van der Waals surface area contributed by atoms with E-state index in [2.05, 4.69) is 214 Å². The molecule has 0 saturated carbocycles. The molecule has 2 aromatic heterocycles. The molecule has 0 amide bonds. The Kier molecular flexibility index (Phi) is 10.1. The van der Waals surface area contributed by atoms with Gasteiger partial charge in [-0.25, -0.2) is 4.98 Å². The Balaban J connectivity index is 0.00000455. The molecule has 0 unspecified atom stereocenters. The van der Waals surface area contributed by atoms with Crippen LogP contribution in [0.5, 0.6) is 11.5 Å². The zero-order chi connectivity index (χ0) is 38.4. The number of pyridine rings is 1. The van der Waals surface area contributed by atoms with Gasteiger partial charge in [-0.2, -0.15) is 6.07 Å². The minimum absolute atomic E-state index is 0. The summed E-state index contributed by atoms with van der Waals surface area (Å²) in [6.07, 6.45) is 6.08. The third kappa shape index (κ3) is 7.29. The topological polar surface area (TPSA) is 33.5 Å². The van der Waals surface area contributed by atoms with Gasteiger partial charge in [-0.05, 0) is 69.7 Å². The summed E-state index contributed by atoms with van der Waals surface area (Å²) in [5, 5.41) is 2.23. The zero-order valence-electron chi connectivity index (χ0n) is 32.7. The largest absolute Gasteiger partial charge is 0.509 e. The minimum Gasteiger partial charge on any atom is -0.509 e. The van der Waals surface area contributed by atoms with E-state index in [-0.39, 0.29) is 31.9 Å². The Labute approximate surface area is 350 Å². The maximum atomic E-state index is 6.71. The van der Waals surface area contributed by atoms with Crippen LogP contribution in [0.25, 0.3) is 38.8 Å². The van der Waals surface area contributed by atoms with E-state index in [1.807, 2.05) is 18.3 Å². The van der Waals surface area contributed by atoms with E-state index in [9.17, 15) is 0 Å². The fourth-order valence-corrected chi connectivity index (χ4v) is 7.69. The molecule has 6 aromatic carbocycles. The number of anilines is 2. The Morgan fingerprint density at radius 3 is 2.09 bits per heavy atom. The van der Waals surface area contributed by atoms with E-state index in [0.29, 0.717) is 11.5 Å². The fourth-order valence-electron chi connectivity index (χ4n) is 7.69. The van der Waals surface area contributed by atoms with Crippen molar-refractivity contribution >= 4 is 33.2 Å². The van der Waals surface area contributed by atoms with E-state index in [0.717, 1.165) is 50.1 Å². The Morgan fingerprint density at radius 2 is 1.30 bits per heavy atom. The standard InChI is InChI=1S/C51H43N4O.Pt/c1-50(2,3)39-26-27-52-49(32-39)55-46-22-14-12-20-43(46)44-25-24-41(34-48(44)55)56-42-31-37(36-16-8-6-9-17-36)30-40(33-42)53-28-29-54(35-53)47-23-15-13-21-45(47)51(4,5)38-18-10-7-11-19-38;/h6-32,35H,1-5H3;/q-3;. The molecule has 8 aromatic rings. The third-order valence-corrected chi connectivity index (χ3v) is 10.8. The summed E-state index contributed by atoms with van der Waals surface area (Å²) in [7, 11) is 0. The molecule has 286 valence electrons. The molecule has 0 bridgehead atoms. The average molecular weight is 923 g/mol. The van der Waals surface area contributed by atoms with E-state index >= 15 is 0 Å². The van der Waals surface area contributed by atoms with Gasteiger partial charge in [0.15, 0.2) is 0 Å². The second kappa shape index (κ2) is 15.2. The number of aromatic nitrogens is 2. The quantitative estimate of drug-likeness (QED) is 0.142. The summed E-state index contributed by atoms with van der Waals surface area (Å²) in [6, 6.07) is 58.0.